The maximum absolute atomic E-state index is 11.7. The van der Waals surface area contributed by atoms with Crippen LogP contribution in [-0.2, 0) is 11.3 Å². The van der Waals surface area contributed by atoms with E-state index >= 15 is 0 Å². The van der Waals surface area contributed by atoms with E-state index in [1.807, 2.05) is 19.9 Å². The molecule has 0 spiro atoms. The molecule has 0 saturated carbocycles. The van der Waals surface area contributed by atoms with Crippen LogP contribution in [0.25, 0.3) is 0 Å². The molecule has 0 saturated heterocycles. The lowest BCUT2D eigenvalue weighted by Crippen LogP contribution is -2.27. The van der Waals surface area contributed by atoms with Crippen molar-refractivity contribution in [3.63, 3.8) is 0 Å². The Morgan fingerprint density at radius 2 is 2.06 bits per heavy atom. The van der Waals surface area contributed by atoms with Crippen molar-refractivity contribution in [3.05, 3.63) is 33.2 Å². The summed E-state index contributed by atoms with van der Waals surface area (Å²) >= 11 is 0. The summed E-state index contributed by atoms with van der Waals surface area (Å²) in [5.41, 5.74) is 2.30. The average molecular weight is 250 g/mol. The monoisotopic (exact) mass is 250 g/mol. The van der Waals surface area contributed by atoms with Gasteiger partial charge in [-0.3, -0.25) is 9.59 Å². The predicted octanol–water partition coefficient (Wildman–Crippen LogP) is 2.19. The van der Waals surface area contributed by atoms with E-state index < -0.39 is 0 Å². The highest BCUT2D eigenvalue weighted by molar-refractivity contribution is 5.75. The van der Waals surface area contributed by atoms with Crippen LogP contribution in [0.15, 0.2) is 10.9 Å². The number of carbonyl (C=O) groups excluding carboxylic acids is 1. The van der Waals surface area contributed by atoms with E-state index in [4.69, 9.17) is 0 Å². The highest BCUT2D eigenvalue weighted by Crippen LogP contribution is 2.04. The van der Waals surface area contributed by atoms with Gasteiger partial charge in [-0.15, -0.1) is 0 Å². The molecule has 1 heterocycles. The topological polar surface area (TPSA) is 62.0 Å². The van der Waals surface area contributed by atoms with E-state index in [-0.39, 0.29) is 11.5 Å². The second kappa shape index (κ2) is 6.99. The molecule has 0 radical (unpaired) electrons. The summed E-state index contributed by atoms with van der Waals surface area (Å²) in [5.74, 6) is 0.0165. The number of unbranched alkanes of at least 4 members (excludes halogenated alkanes) is 2. The third-order valence-electron chi connectivity index (χ3n) is 2.96. The quantitative estimate of drug-likeness (QED) is 0.760. The first-order valence-corrected chi connectivity index (χ1v) is 6.50. The predicted molar refractivity (Wildman–Crippen MR) is 72.5 cm³/mol. The number of hydrogen-bond donors (Lipinski definition) is 2. The van der Waals surface area contributed by atoms with Crippen LogP contribution in [-0.4, -0.2) is 10.9 Å². The van der Waals surface area contributed by atoms with Crippen LogP contribution in [0.4, 0.5) is 0 Å². The smallest absolute Gasteiger partial charge is 0.253 e. The van der Waals surface area contributed by atoms with Gasteiger partial charge in [0.2, 0.25) is 5.91 Å². The van der Waals surface area contributed by atoms with Crippen molar-refractivity contribution in [3.8, 4) is 0 Å². The number of carbonyl (C=O) groups is 1. The van der Waals surface area contributed by atoms with Gasteiger partial charge < -0.3 is 10.3 Å². The molecule has 0 unspecified atom stereocenters. The molecule has 1 amide bonds. The van der Waals surface area contributed by atoms with Crippen molar-refractivity contribution in [2.75, 3.05) is 0 Å². The molecule has 18 heavy (non-hydrogen) atoms. The van der Waals surface area contributed by atoms with Crippen molar-refractivity contribution >= 4 is 5.91 Å². The lowest BCUT2D eigenvalue weighted by molar-refractivity contribution is -0.121. The van der Waals surface area contributed by atoms with Crippen molar-refractivity contribution in [1.29, 1.82) is 0 Å². The molecule has 1 aromatic rings. The van der Waals surface area contributed by atoms with Crippen LogP contribution in [0, 0.1) is 13.8 Å². The van der Waals surface area contributed by atoms with E-state index in [1.165, 1.54) is 0 Å². The summed E-state index contributed by atoms with van der Waals surface area (Å²) in [7, 11) is 0. The third kappa shape index (κ3) is 4.35. The number of aromatic amines is 1. The summed E-state index contributed by atoms with van der Waals surface area (Å²) < 4.78 is 0. The minimum atomic E-state index is -0.110. The summed E-state index contributed by atoms with van der Waals surface area (Å²) in [6.45, 7) is 6.15. The van der Waals surface area contributed by atoms with Gasteiger partial charge in [-0.05, 0) is 31.9 Å². The standard InChI is InChI=1S/C14H22N2O2/c1-4-5-6-7-13(17)15-9-12-10(2)8-11(3)16-14(12)18/h8H,4-7,9H2,1-3H3,(H,15,17)(H,16,18). The molecule has 0 aromatic carbocycles. The maximum atomic E-state index is 11.7. The van der Waals surface area contributed by atoms with Crippen LogP contribution >= 0.6 is 0 Å². The largest absolute Gasteiger partial charge is 0.352 e. The molecule has 0 fully saturated rings. The lowest BCUT2D eigenvalue weighted by Gasteiger charge is -2.08. The van der Waals surface area contributed by atoms with Gasteiger partial charge in [0.25, 0.3) is 5.56 Å². The average Bonchev–Trinajstić information content (AvgIpc) is 2.27. The minimum absolute atomic E-state index is 0.0165. The van der Waals surface area contributed by atoms with Gasteiger partial charge in [0, 0.05) is 24.2 Å². The highest BCUT2D eigenvalue weighted by atomic mass is 16.1. The van der Waals surface area contributed by atoms with E-state index in [9.17, 15) is 9.59 Å². The summed E-state index contributed by atoms with van der Waals surface area (Å²) in [6, 6.07) is 1.92. The summed E-state index contributed by atoms with van der Waals surface area (Å²) in [4.78, 5) is 26.0. The molecule has 0 aliphatic rings. The van der Waals surface area contributed by atoms with E-state index in [0.29, 0.717) is 18.5 Å². The number of H-pyrrole nitrogens is 1. The number of aromatic nitrogens is 1. The molecular weight excluding hydrogens is 228 g/mol. The van der Waals surface area contributed by atoms with Crippen molar-refractivity contribution < 1.29 is 4.79 Å². The van der Waals surface area contributed by atoms with Crippen LogP contribution in [0.2, 0.25) is 0 Å². The maximum Gasteiger partial charge on any atom is 0.253 e. The molecule has 0 aliphatic carbocycles. The van der Waals surface area contributed by atoms with Crippen LogP contribution in [0.1, 0.15) is 49.4 Å². The number of aryl methyl sites for hydroxylation is 2. The fourth-order valence-electron chi connectivity index (χ4n) is 1.91. The zero-order chi connectivity index (χ0) is 13.5. The summed E-state index contributed by atoms with van der Waals surface area (Å²) in [6.07, 6.45) is 3.61. The van der Waals surface area contributed by atoms with Gasteiger partial charge in [-0.1, -0.05) is 19.8 Å². The number of amides is 1. The Labute approximate surface area is 108 Å². The van der Waals surface area contributed by atoms with Gasteiger partial charge in [0.05, 0.1) is 0 Å². The molecule has 2 N–H and O–H groups in total. The van der Waals surface area contributed by atoms with E-state index in [1.54, 1.807) is 0 Å². The van der Waals surface area contributed by atoms with Crippen LogP contribution in [0.3, 0.4) is 0 Å². The fourth-order valence-corrected chi connectivity index (χ4v) is 1.91. The molecule has 4 heteroatoms. The minimum Gasteiger partial charge on any atom is -0.352 e. The van der Waals surface area contributed by atoms with Crippen LogP contribution in [0.5, 0.6) is 0 Å². The third-order valence-corrected chi connectivity index (χ3v) is 2.96. The molecule has 100 valence electrons. The molecule has 1 aromatic heterocycles. The molecule has 1 rings (SSSR count). The molecule has 0 atom stereocenters. The zero-order valence-electron chi connectivity index (χ0n) is 11.4. The SMILES string of the molecule is CCCCCC(=O)NCc1c(C)cc(C)[nH]c1=O. The fraction of sp³-hybridized carbons (Fsp3) is 0.571. The highest BCUT2D eigenvalue weighted by Gasteiger charge is 2.07. The lowest BCUT2D eigenvalue weighted by atomic mass is 10.1. The van der Waals surface area contributed by atoms with Gasteiger partial charge in [-0.25, -0.2) is 0 Å². The summed E-state index contributed by atoms with van der Waals surface area (Å²) in [5, 5.41) is 2.80. The Morgan fingerprint density at radius 1 is 1.33 bits per heavy atom. The Morgan fingerprint density at radius 3 is 2.67 bits per heavy atom. The number of pyridine rings is 1. The Kier molecular flexibility index (Phi) is 5.62. The van der Waals surface area contributed by atoms with Crippen molar-refractivity contribution in [2.45, 2.75) is 53.0 Å². The zero-order valence-corrected chi connectivity index (χ0v) is 11.4. The number of rotatable bonds is 6. The van der Waals surface area contributed by atoms with E-state index in [2.05, 4.69) is 17.2 Å². The number of hydrogen-bond acceptors (Lipinski definition) is 2. The van der Waals surface area contributed by atoms with Gasteiger partial charge in [-0.2, -0.15) is 0 Å². The Balaban J connectivity index is 2.54. The molecule has 0 bridgehead atoms. The normalized spacial score (nSPS) is 10.4. The van der Waals surface area contributed by atoms with Crippen molar-refractivity contribution in [2.24, 2.45) is 0 Å². The first-order chi connectivity index (χ1) is 8.54. The van der Waals surface area contributed by atoms with Gasteiger partial charge >= 0.3 is 0 Å². The number of nitrogens with one attached hydrogen (secondary N) is 2. The first-order valence-electron chi connectivity index (χ1n) is 6.50. The molecule has 4 nitrogen and oxygen atoms in total. The van der Waals surface area contributed by atoms with Gasteiger partial charge in [0.1, 0.15) is 0 Å². The Bertz CT molecular complexity index is 463. The Hall–Kier alpha value is -1.58. The molecule has 0 aliphatic heterocycles. The molecular formula is C14H22N2O2. The first kappa shape index (κ1) is 14.5. The van der Waals surface area contributed by atoms with E-state index in [0.717, 1.165) is 30.5 Å². The van der Waals surface area contributed by atoms with Gasteiger partial charge in [0.15, 0.2) is 0 Å². The van der Waals surface area contributed by atoms with Crippen LogP contribution < -0.4 is 10.9 Å². The second-order valence-corrected chi connectivity index (χ2v) is 4.68. The van der Waals surface area contributed by atoms with Crippen molar-refractivity contribution in [1.82, 2.24) is 10.3 Å². The second-order valence-electron chi connectivity index (χ2n) is 4.68.